The molecule has 6 nitrogen and oxygen atoms in total. The van der Waals surface area contributed by atoms with Crippen LogP contribution in [-0.2, 0) is 6.54 Å². The van der Waals surface area contributed by atoms with Gasteiger partial charge in [0.25, 0.3) is 11.3 Å². The molecule has 0 N–H and O–H groups in total. The average molecular weight is 355 g/mol. The molecular formula is C18H21N5OS. The molecule has 0 aliphatic heterocycles. The molecule has 1 aliphatic rings. The number of thioether (sulfide) groups is 1. The van der Waals surface area contributed by atoms with Gasteiger partial charge >= 0.3 is 0 Å². The molecule has 0 unspecified atom stereocenters. The van der Waals surface area contributed by atoms with E-state index >= 15 is 0 Å². The standard InChI is InChI=1S/C18H21N5OS/c1-12-15-14(23-17(19-12)20-18(21-23)25-2)9-11-22(16(15)24)10-8-13-6-4-3-5-7-13/h6,9,11H,3-5,7-8,10H2,1-2H3. The van der Waals surface area contributed by atoms with Crippen LogP contribution in [0, 0.1) is 6.92 Å². The normalized spacial score (nSPS) is 15.0. The Morgan fingerprint density at radius 3 is 2.92 bits per heavy atom. The number of aryl methyl sites for hydroxylation is 2. The van der Waals surface area contributed by atoms with Gasteiger partial charge in [-0.3, -0.25) is 4.79 Å². The lowest BCUT2D eigenvalue weighted by molar-refractivity contribution is 0.616. The molecule has 0 amide bonds. The fraction of sp³-hybridized carbons (Fsp3) is 0.444. The maximum absolute atomic E-state index is 13.0. The zero-order valence-corrected chi connectivity index (χ0v) is 15.3. The first-order valence-electron chi connectivity index (χ1n) is 8.66. The highest BCUT2D eigenvalue weighted by atomic mass is 32.2. The van der Waals surface area contributed by atoms with Gasteiger partial charge in [-0.15, -0.1) is 5.10 Å². The Morgan fingerprint density at radius 2 is 2.16 bits per heavy atom. The van der Waals surface area contributed by atoms with Gasteiger partial charge in [0.15, 0.2) is 0 Å². The highest BCUT2D eigenvalue weighted by Crippen LogP contribution is 2.21. The van der Waals surface area contributed by atoms with Crippen molar-refractivity contribution >= 4 is 28.4 Å². The Bertz CT molecular complexity index is 1030. The van der Waals surface area contributed by atoms with E-state index in [9.17, 15) is 4.79 Å². The third-order valence-corrected chi connectivity index (χ3v) is 5.35. The molecule has 25 heavy (non-hydrogen) atoms. The van der Waals surface area contributed by atoms with Crippen molar-refractivity contribution in [1.82, 2.24) is 24.1 Å². The van der Waals surface area contributed by atoms with Crippen LogP contribution in [0.4, 0.5) is 0 Å². The Morgan fingerprint density at radius 1 is 1.28 bits per heavy atom. The van der Waals surface area contributed by atoms with Crippen molar-refractivity contribution in [3.63, 3.8) is 0 Å². The third-order valence-electron chi connectivity index (χ3n) is 4.81. The smallest absolute Gasteiger partial charge is 0.261 e. The van der Waals surface area contributed by atoms with Crippen molar-refractivity contribution < 1.29 is 0 Å². The van der Waals surface area contributed by atoms with Crippen LogP contribution in [-0.4, -0.2) is 30.4 Å². The van der Waals surface area contributed by atoms with Gasteiger partial charge in [0.1, 0.15) is 0 Å². The summed E-state index contributed by atoms with van der Waals surface area (Å²) < 4.78 is 3.47. The molecule has 3 heterocycles. The summed E-state index contributed by atoms with van der Waals surface area (Å²) in [7, 11) is 0. The second-order valence-corrected chi connectivity index (χ2v) is 7.21. The first kappa shape index (κ1) is 16.3. The summed E-state index contributed by atoms with van der Waals surface area (Å²) in [6.45, 7) is 2.58. The molecule has 3 aromatic rings. The molecule has 3 aromatic heterocycles. The third kappa shape index (κ3) is 2.97. The van der Waals surface area contributed by atoms with E-state index < -0.39 is 0 Å². The van der Waals surface area contributed by atoms with E-state index in [1.807, 2.05) is 25.4 Å². The van der Waals surface area contributed by atoms with Crippen molar-refractivity contribution in [3.8, 4) is 0 Å². The van der Waals surface area contributed by atoms with Crippen molar-refractivity contribution in [2.45, 2.75) is 50.7 Å². The number of aromatic nitrogens is 5. The predicted molar refractivity (Wildman–Crippen MR) is 100 cm³/mol. The fourth-order valence-corrected chi connectivity index (χ4v) is 3.80. The van der Waals surface area contributed by atoms with E-state index in [-0.39, 0.29) is 5.56 Å². The van der Waals surface area contributed by atoms with Crippen LogP contribution in [0.1, 0.15) is 37.8 Å². The van der Waals surface area contributed by atoms with Gasteiger partial charge in [-0.1, -0.05) is 23.4 Å². The van der Waals surface area contributed by atoms with Crippen molar-refractivity contribution in [1.29, 1.82) is 0 Å². The zero-order valence-electron chi connectivity index (χ0n) is 14.5. The summed E-state index contributed by atoms with van der Waals surface area (Å²) in [6, 6.07) is 1.95. The highest BCUT2D eigenvalue weighted by molar-refractivity contribution is 7.98. The lowest BCUT2D eigenvalue weighted by Crippen LogP contribution is -2.22. The molecule has 7 heteroatoms. The van der Waals surface area contributed by atoms with Gasteiger partial charge in [0, 0.05) is 12.7 Å². The van der Waals surface area contributed by atoms with Crippen LogP contribution in [0.3, 0.4) is 0 Å². The number of pyridine rings is 1. The van der Waals surface area contributed by atoms with E-state index in [4.69, 9.17) is 0 Å². The summed E-state index contributed by atoms with van der Waals surface area (Å²) in [5, 5.41) is 5.73. The predicted octanol–water partition coefficient (Wildman–Crippen LogP) is 3.36. The SMILES string of the molecule is CSc1nc2nc(C)c3c(=O)n(CCC4=CCCCC4)ccc3n2n1. The molecular weight excluding hydrogens is 334 g/mol. The van der Waals surface area contributed by atoms with Crippen molar-refractivity contribution in [2.24, 2.45) is 0 Å². The first-order chi connectivity index (χ1) is 12.2. The van der Waals surface area contributed by atoms with E-state index in [1.54, 1.807) is 9.08 Å². The molecule has 130 valence electrons. The Balaban J connectivity index is 1.76. The Hall–Kier alpha value is -2.15. The van der Waals surface area contributed by atoms with E-state index in [0.717, 1.165) is 11.9 Å². The minimum atomic E-state index is 0.00186. The number of rotatable bonds is 4. The number of hydrogen-bond donors (Lipinski definition) is 0. The lowest BCUT2D eigenvalue weighted by Gasteiger charge is -2.14. The number of nitrogens with zero attached hydrogens (tertiary/aromatic N) is 5. The number of allylic oxidation sites excluding steroid dienone is 2. The van der Waals surface area contributed by atoms with Crippen molar-refractivity contribution in [3.05, 3.63) is 40.0 Å². The molecule has 0 radical (unpaired) electrons. The van der Waals surface area contributed by atoms with Gasteiger partial charge in [-0.05, 0) is 51.3 Å². The second-order valence-electron chi connectivity index (χ2n) is 6.44. The summed E-state index contributed by atoms with van der Waals surface area (Å²) in [5.41, 5.74) is 2.96. The van der Waals surface area contributed by atoms with E-state index in [1.165, 1.54) is 43.0 Å². The van der Waals surface area contributed by atoms with Crippen LogP contribution >= 0.6 is 11.8 Å². The zero-order chi connectivity index (χ0) is 17.4. The molecule has 0 bridgehead atoms. The number of hydrogen-bond acceptors (Lipinski definition) is 5. The van der Waals surface area contributed by atoms with Crippen LogP contribution in [0.5, 0.6) is 0 Å². The molecule has 0 atom stereocenters. The summed E-state index contributed by atoms with van der Waals surface area (Å²) in [4.78, 5) is 21.8. The minimum Gasteiger partial charge on any atom is -0.315 e. The van der Waals surface area contributed by atoms with Crippen molar-refractivity contribution in [2.75, 3.05) is 6.26 Å². The Kier molecular flexibility index (Phi) is 4.33. The van der Waals surface area contributed by atoms with Gasteiger partial charge < -0.3 is 4.57 Å². The molecule has 0 saturated carbocycles. The average Bonchev–Trinajstić information content (AvgIpc) is 3.05. The Labute approximate surface area is 150 Å². The summed E-state index contributed by atoms with van der Waals surface area (Å²) >= 11 is 1.47. The van der Waals surface area contributed by atoms with Crippen LogP contribution < -0.4 is 5.56 Å². The molecule has 0 fully saturated rings. The van der Waals surface area contributed by atoms with E-state index in [2.05, 4.69) is 21.1 Å². The molecule has 0 spiro atoms. The lowest BCUT2D eigenvalue weighted by atomic mass is 9.97. The quantitative estimate of drug-likeness (QED) is 0.530. The van der Waals surface area contributed by atoms with Crippen LogP contribution in [0.25, 0.3) is 16.7 Å². The molecule has 0 aromatic carbocycles. The van der Waals surface area contributed by atoms with Crippen LogP contribution in [0.15, 0.2) is 33.9 Å². The minimum absolute atomic E-state index is 0.00186. The molecule has 4 rings (SSSR count). The van der Waals surface area contributed by atoms with Gasteiger partial charge in [-0.2, -0.15) is 9.50 Å². The highest BCUT2D eigenvalue weighted by Gasteiger charge is 2.14. The van der Waals surface area contributed by atoms with Gasteiger partial charge in [-0.25, -0.2) is 4.98 Å². The number of fused-ring (bicyclic) bond motifs is 3. The van der Waals surface area contributed by atoms with Gasteiger partial charge in [0.2, 0.25) is 5.16 Å². The summed E-state index contributed by atoms with van der Waals surface area (Å²) in [6.07, 6.45) is 12.0. The monoisotopic (exact) mass is 355 g/mol. The van der Waals surface area contributed by atoms with Crippen LogP contribution in [0.2, 0.25) is 0 Å². The van der Waals surface area contributed by atoms with E-state index in [0.29, 0.717) is 28.6 Å². The van der Waals surface area contributed by atoms with Gasteiger partial charge in [0.05, 0.1) is 16.6 Å². The topological polar surface area (TPSA) is 65.1 Å². The summed E-state index contributed by atoms with van der Waals surface area (Å²) in [5.74, 6) is 0.541. The largest absolute Gasteiger partial charge is 0.315 e. The fourth-order valence-electron chi connectivity index (χ4n) is 3.47. The maximum Gasteiger partial charge on any atom is 0.261 e. The first-order valence-corrected chi connectivity index (χ1v) is 9.88. The second kappa shape index (κ2) is 6.63. The maximum atomic E-state index is 13.0. The molecule has 1 aliphatic carbocycles. The molecule has 0 saturated heterocycles.